The number of benzene rings is 1. The van der Waals surface area contributed by atoms with Gasteiger partial charge in [-0.25, -0.2) is 4.79 Å². The van der Waals surface area contributed by atoms with Crippen LogP contribution in [0.5, 0.6) is 0 Å². The van der Waals surface area contributed by atoms with E-state index in [9.17, 15) is 19.2 Å². The number of amides is 3. The average Bonchev–Trinajstić information content (AvgIpc) is 3.41. The molecule has 0 bridgehead atoms. The highest BCUT2D eigenvalue weighted by Gasteiger charge is 2.37. The number of anilines is 1. The molecule has 1 aromatic heterocycles. The molecule has 0 unspecified atom stereocenters. The molecule has 1 saturated carbocycles. The van der Waals surface area contributed by atoms with Gasteiger partial charge in [-0.3, -0.25) is 19.3 Å². The fraction of sp³-hybridized carbons (Fsp3) is 0.300. The van der Waals surface area contributed by atoms with Gasteiger partial charge < -0.3 is 10.1 Å². The molecule has 1 aliphatic heterocycles. The third kappa shape index (κ3) is 3.20. The Balaban J connectivity index is 1.51. The number of nitrogens with zero attached hydrogens (tertiary/aromatic N) is 1. The van der Waals surface area contributed by atoms with E-state index >= 15 is 0 Å². The Kier molecular flexibility index (Phi) is 4.72. The lowest BCUT2D eigenvalue weighted by atomic mass is 10.1. The first-order valence-electron chi connectivity index (χ1n) is 9.04. The zero-order valence-electron chi connectivity index (χ0n) is 15.2. The molecule has 0 saturated heterocycles. The van der Waals surface area contributed by atoms with Gasteiger partial charge in [0, 0.05) is 0 Å². The van der Waals surface area contributed by atoms with Crippen LogP contribution >= 0.6 is 11.3 Å². The van der Waals surface area contributed by atoms with Crippen LogP contribution in [0, 0.1) is 0 Å². The van der Waals surface area contributed by atoms with Crippen molar-refractivity contribution >= 4 is 40.0 Å². The van der Waals surface area contributed by atoms with Crippen molar-refractivity contribution in [3.63, 3.8) is 0 Å². The molecule has 28 heavy (non-hydrogen) atoms. The van der Waals surface area contributed by atoms with Crippen LogP contribution in [0.2, 0.25) is 0 Å². The van der Waals surface area contributed by atoms with Crippen molar-refractivity contribution in [3.05, 3.63) is 51.9 Å². The van der Waals surface area contributed by atoms with Crippen LogP contribution in [0.15, 0.2) is 29.6 Å². The molecule has 8 heteroatoms. The van der Waals surface area contributed by atoms with Crippen LogP contribution < -0.4 is 5.32 Å². The summed E-state index contributed by atoms with van der Waals surface area (Å²) in [6.45, 7) is 1.55. The summed E-state index contributed by atoms with van der Waals surface area (Å²) in [4.78, 5) is 50.6. The Hall–Kier alpha value is -3.00. The number of carbonyl (C=O) groups is 4. The van der Waals surface area contributed by atoms with E-state index in [1.165, 1.54) is 11.3 Å². The number of esters is 1. The second-order valence-corrected chi connectivity index (χ2v) is 7.56. The summed E-state index contributed by atoms with van der Waals surface area (Å²) < 4.78 is 5.13. The number of fused-ring (bicyclic) bond motifs is 1. The minimum atomic E-state index is -0.538. The molecule has 0 atom stereocenters. The van der Waals surface area contributed by atoms with Gasteiger partial charge in [0.2, 0.25) is 5.91 Å². The Morgan fingerprint density at radius 3 is 2.39 bits per heavy atom. The molecule has 2 aromatic rings. The van der Waals surface area contributed by atoms with Crippen LogP contribution in [-0.2, 0) is 9.53 Å². The first-order chi connectivity index (χ1) is 13.5. The molecule has 2 heterocycles. The fourth-order valence-electron chi connectivity index (χ4n) is 3.26. The van der Waals surface area contributed by atoms with Crippen molar-refractivity contribution in [2.45, 2.75) is 25.7 Å². The summed E-state index contributed by atoms with van der Waals surface area (Å²) in [5, 5.41) is 4.93. The lowest BCUT2D eigenvalue weighted by Crippen LogP contribution is -2.37. The second-order valence-electron chi connectivity index (χ2n) is 6.68. The Morgan fingerprint density at radius 1 is 1.18 bits per heavy atom. The van der Waals surface area contributed by atoms with Gasteiger partial charge in [-0.15, -0.1) is 11.3 Å². The smallest absolute Gasteiger partial charge is 0.341 e. The SMILES string of the molecule is CCOC(=O)c1c(C2CC2)csc1NC(=O)CN1C(=O)c2ccccc2C1=O. The topological polar surface area (TPSA) is 92.8 Å². The minimum Gasteiger partial charge on any atom is -0.462 e. The van der Waals surface area contributed by atoms with Gasteiger partial charge in [-0.05, 0) is 48.8 Å². The first-order valence-corrected chi connectivity index (χ1v) is 9.92. The van der Waals surface area contributed by atoms with Gasteiger partial charge in [0.25, 0.3) is 11.8 Å². The third-order valence-electron chi connectivity index (χ3n) is 4.75. The standard InChI is InChI=1S/C20H18N2O5S/c1-2-27-20(26)16-14(11-7-8-11)10-28-17(16)21-15(23)9-22-18(24)12-5-3-4-6-13(12)19(22)25/h3-6,10-11H,2,7-9H2,1H3,(H,21,23). The number of nitrogens with one attached hydrogen (secondary N) is 1. The maximum atomic E-state index is 12.5. The molecule has 1 N–H and O–H groups in total. The minimum absolute atomic E-state index is 0.237. The average molecular weight is 398 g/mol. The summed E-state index contributed by atoms with van der Waals surface area (Å²) in [5.41, 5.74) is 1.85. The predicted molar refractivity (Wildman–Crippen MR) is 103 cm³/mol. The van der Waals surface area contributed by atoms with Crippen molar-refractivity contribution in [3.8, 4) is 0 Å². The fourth-order valence-corrected chi connectivity index (χ4v) is 4.31. The van der Waals surface area contributed by atoms with E-state index in [1.807, 2.05) is 5.38 Å². The number of ether oxygens (including phenoxy) is 1. The highest BCUT2D eigenvalue weighted by atomic mass is 32.1. The number of hydrogen-bond acceptors (Lipinski definition) is 6. The van der Waals surface area contributed by atoms with Crippen molar-refractivity contribution in [2.24, 2.45) is 0 Å². The number of imide groups is 1. The van der Waals surface area contributed by atoms with Gasteiger partial charge in [-0.2, -0.15) is 0 Å². The van der Waals surface area contributed by atoms with Crippen LogP contribution in [-0.4, -0.2) is 41.7 Å². The molecular weight excluding hydrogens is 380 g/mol. The Morgan fingerprint density at radius 2 is 1.82 bits per heavy atom. The molecular formula is C20H18N2O5S. The molecule has 1 aliphatic carbocycles. The molecule has 4 rings (SSSR count). The zero-order chi connectivity index (χ0) is 19.8. The number of rotatable bonds is 6. The normalized spacial score (nSPS) is 15.5. The number of hydrogen-bond donors (Lipinski definition) is 1. The van der Waals surface area contributed by atoms with Crippen LogP contribution in [0.1, 0.15) is 62.3 Å². The van der Waals surface area contributed by atoms with E-state index in [-0.39, 0.29) is 6.61 Å². The van der Waals surface area contributed by atoms with E-state index in [0.29, 0.717) is 27.6 Å². The zero-order valence-corrected chi connectivity index (χ0v) is 16.0. The van der Waals surface area contributed by atoms with Crippen molar-refractivity contribution in [1.82, 2.24) is 4.90 Å². The Bertz CT molecular complexity index is 957. The lowest BCUT2D eigenvalue weighted by Gasteiger charge is -2.14. The molecule has 3 amide bonds. The van der Waals surface area contributed by atoms with E-state index in [1.54, 1.807) is 31.2 Å². The van der Waals surface area contributed by atoms with Gasteiger partial charge in [0.1, 0.15) is 11.5 Å². The van der Waals surface area contributed by atoms with E-state index < -0.39 is 30.2 Å². The van der Waals surface area contributed by atoms with Crippen LogP contribution in [0.4, 0.5) is 5.00 Å². The van der Waals surface area contributed by atoms with Crippen molar-refractivity contribution < 1.29 is 23.9 Å². The predicted octanol–water partition coefficient (Wildman–Crippen LogP) is 3.04. The summed E-state index contributed by atoms with van der Waals surface area (Å²) in [5.74, 6) is -1.68. The molecule has 0 spiro atoms. The summed E-state index contributed by atoms with van der Waals surface area (Å²) >= 11 is 1.25. The highest BCUT2D eigenvalue weighted by molar-refractivity contribution is 7.15. The molecule has 144 valence electrons. The highest BCUT2D eigenvalue weighted by Crippen LogP contribution is 2.46. The maximum Gasteiger partial charge on any atom is 0.341 e. The van der Waals surface area contributed by atoms with Gasteiger partial charge in [-0.1, -0.05) is 12.1 Å². The van der Waals surface area contributed by atoms with Crippen molar-refractivity contribution in [2.75, 3.05) is 18.5 Å². The number of thiophene rings is 1. The maximum absolute atomic E-state index is 12.5. The van der Waals surface area contributed by atoms with Crippen LogP contribution in [0.25, 0.3) is 0 Å². The monoisotopic (exact) mass is 398 g/mol. The van der Waals surface area contributed by atoms with Gasteiger partial charge >= 0.3 is 5.97 Å². The van der Waals surface area contributed by atoms with E-state index in [4.69, 9.17) is 4.74 Å². The second kappa shape index (κ2) is 7.20. The molecule has 7 nitrogen and oxygen atoms in total. The van der Waals surface area contributed by atoms with Crippen LogP contribution in [0.3, 0.4) is 0 Å². The van der Waals surface area contributed by atoms with Gasteiger partial charge in [0.05, 0.1) is 23.3 Å². The Labute approximate surface area is 165 Å². The van der Waals surface area contributed by atoms with Crippen molar-refractivity contribution in [1.29, 1.82) is 0 Å². The molecule has 2 aliphatic rings. The third-order valence-corrected chi connectivity index (χ3v) is 5.66. The molecule has 1 aromatic carbocycles. The summed E-state index contributed by atoms with van der Waals surface area (Å²) in [6, 6.07) is 6.47. The molecule has 0 radical (unpaired) electrons. The first kappa shape index (κ1) is 18.4. The van der Waals surface area contributed by atoms with Gasteiger partial charge in [0.15, 0.2) is 0 Å². The lowest BCUT2D eigenvalue weighted by molar-refractivity contribution is -0.116. The molecule has 1 fully saturated rings. The quantitative estimate of drug-likeness (QED) is 0.596. The summed E-state index contributed by atoms with van der Waals surface area (Å²) in [7, 11) is 0. The van der Waals surface area contributed by atoms with E-state index in [2.05, 4.69) is 5.32 Å². The van der Waals surface area contributed by atoms with E-state index in [0.717, 1.165) is 23.3 Å². The number of carbonyl (C=O) groups excluding carboxylic acids is 4. The largest absolute Gasteiger partial charge is 0.462 e. The summed E-state index contributed by atoms with van der Waals surface area (Å²) in [6.07, 6.45) is 2.01.